The molecule has 0 radical (unpaired) electrons. The predicted octanol–water partition coefficient (Wildman–Crippen LogP) is 4.79. The molecule has 0 aliphatic rings. The molecule has 0 aliphatic heterocycles. The van der Waals surface area contributed by atoms with E-state index in [-0.39, 0.29) is 6.04 Å². The van der Waals surface area contributed by atoms with E-state index in [9.17, 15) is 0 Å². The Balaban J connectivity index is 2.12. The van der Waals surface area contributed by atoms with Gasteiger partial charge in [0, 0.05) is 4.88 Å². The molecule has 1 aromatic carbocycles. The average molecular weight is 280 g/mol. The van der Waals surface area contributed by atoms with Gasteiger partial charge in [-0.1, -0.05) is 49.2 Å². The fraction of sp³-hybridized carbons (Fsp3) is 0.333. The van der Waals surface area contributed by atoms with Crippen molar-refractivity contribution < 1.29 is 0 Å². The molecule has 1 unspecified atom stereocenters. The minimum Gasteiger partial charge on any atom is -0.320 e. The molecular weight excluding hydrogens is 262 g/mol. The molecule has 1 heterocycles. The highest BCUT2D eigenvalue weighted by molar-refractivity contribution is 7.10. The van der Waals surface area contributed by atoms with Gasteiger partial charge in [0.2, 0.25) is 0 Å². The normalized spacial score (nSPS) is 12.6. The van der Waals surface area contributed by atoms with Gasteiger partial charge in [-0.25, -0.2) is 0 Å². The Kier molecular flexibility index (Phi) is 4.81. The Bertz CT molecular complexity index is 489. The van der Waals surface area contributed by atoms with Gasteiger partial charge >= 0.3 is 0 Å². The minimum atomic E-state index is -0.113. The highest BCUT2D eigenvalue weighted by Crippen LogP contribution is 2.31. The second kappa shape index (κ2) is 6.37. The maximum absolute atomic E-state index is 6.24. The highest BCUT2D eigenvalue weighted by Gasteiger charge is 2.13. The molecule has 0 saturated heterocycles. The van der Waals surface area contributed by atoms with Crippen molar-refractivity contribution in [1.29, 1.82) is 0 Å². The van der Waals surface area contributed by atoms with Crippen LogP contribution in [0.15, 0.2) is 35.7 Å². The van der Waals surface area contributed by atoms with Crippen molar-refractivity contribution in [2.75, 3.05) is 0 Å². The molecule has 0 saturated carbocycles. The molecule has 0 fully saturated rings. The molecule has 2 rings (SSSR count). The SMILES string of the molecule is CCCCc1ccc(C(N)c2sccc2Cl)cc1. The average Bonchev–Trinajstić information content (AvgIpc) is 2.82. The van der Waals surface area contributed by atoms with Gasteiger partial charge in [0.15, 0.2) is 0 Å². The first-order chi connectivity index (χ1) is 8.72. The van der Waals surface area contributed by atoms with Crippen molar-refractivity contribution in [2.24, 2.45) is 5.73 Å². The standard InChI is InChI=1S/C15H18ClNS/c1-2-3-4-11-5-7-12(8-6-11)14(17)15-13(16)9-10-18-15/h5-10,14H,2-4,17H2,1H3. The predicted molar refractivity (Wildman–Crippen MR) is 80.4 cm³/mol. The summed E-state index contributed by atoms with van der Waals surface area (Å²) in [5.74, 6) is 0. The number of halogens is 1. The minimum absolute atomic E-state index is 0.113. The van der Waals surface area contributed by atoms with Crippen molar-refractivity contribution in [3.63, 3.8) is 0 Å². The molecule has 0 amide bonds. The number of hydrogen-bond donors (Lipinski definition) is 1. The van der Waals surface area contributed by atoms with Crippen molar-refractivity contribution >= 4 is 22.9 Å². The van der Waals surface area contributed by atoms with E-state index in [1.807, 2.05) is 11.4 Å². The Morgan fingerprint density at radius 2 is 1.94 bits per heavy atom. The lowest BCUT2D eigenvalue weighted by atomic mass is 10.0. The molecule has 18 heavy (non-hydrogen) atoms. The summed E-state index contributed by atoms with van der Waals surface area (Å²) in [5.41, 5.74) is 8.74. The third-order valence-electron chi connectivity index (χ3n) is 3.09. The van der Waals surface area contributed by atoms with Gasteiger partial charge in [-0.05, 0) is 35.4 Å². The summed E-state index contributed by atoms with van der Waals surface area (Å²) in [7, 11) is 0. The maximum Gasteiger partial charge on any atom is 0.0661 e. The van der Waals surface area contributed by atoms with E-state index in [0.29, 0.717) is 0 Å². The van der Waals surface area contributed by atoms with Crippen LogP contribution in [0.1, 0.15) is 41.8 Å². The quantitative estimate of drug-likeness (QED) is 0.836. The second-order valence-electron chi connectivity index (χ2n) is 4.46. The van der Waals surface area contributed by atoms with Crippen LogP contribution in [0.4, 0.5) is 0 Å². The lowest BCUT2D eigenvalue weighted by Crippen LogP contribution is -2.10. The third kappa shape index (κ3) is 3.14. The summed E-state index contributed by atoms with van der Waals surface area (Å²) >= 11 is 7.73. The molecule has 2 N–H and O–H groups in total. The molecule has 3 heteroatoms. The van der Waals surface area contributed by atoms with E-state index >= 15 is 0 Å². The van der Waals surface area contributed by atoms with Crippen molar-refractivity contribution in [2.45, 2.75) is 32.2 Å². The summed E-state index contributed by atoms with van der Waals surface area (Å²) in [5, 5.41) is 2.75. The largest absolute Gasteiger partial charge is 0.320 e. The van der Waals surface area contributed by atoms with Gasteiger partial charge in [0.05, 0.1) is 11.1 Å². The van der Waals surface area contributed by atoms with Gasteiger partial charge in [0.1, 0.15) is 0 Å². The monoisotopic (exact) mass is 279 g/mol. The van der Waals surface area contributed by atoms with Crippen LogP contribution < -0.4 is 5.73 Å². The van der Waals surface area contributed by atoms with E-state index in [1.54, 1.807) is 11.3 Å². The molecule has 1 nitrogen and oxygen atoms in total. The molecule has 0 spiro atoms. The Morgan fingerprint density at radius 1 is 1.22 bits per heavy atom. The van der Waals surface area contributed by atoms with E-state index in [1.165, 1.54) is 18.4 Å². The first-order valence-corrected chi connectivity index (χ1v) is 7.55. The first-order valence-electron chi connectivity index (χ1n) is 6.29. The van der Waals surface area contributed by atoms with Gasteiger partial charge in [-0.2, -0.15) is 0 Å². The lowest BCUT2D eigenvalue weighted by Gasteiger charge is -2.11. The molecule has 1 atom stereocenters. The molecule has 0 bridgehead atoms. The van der Waals surface area contributed by atoms with Crippen molar-refractivity contribution in [3.05, 3.63) is 56.7 Å². The van der Waals surface area contributed by atoms with Gasteiger partial charge in [0.25, 0.3) is 0 Å². The Labute approximate surface area is 118 Å². The summed E-state index contributed by atoms with van der Waals surface area (Å²) in [6.45, 7) is 2.21. The van der Waals surface area contributed by atoms with Gasteiger partial charge in [-0.3, -0.25) is 0 Å². The van der Waals surface area contributed by atoms with Gasteiger partial charge in [-0.15, -0.1) is 11.3 Å². The third-order valence-corrected chi connectivity index (χ3v) is 4.53. The first kappa shape index (κ1) is 13.6. The smallest absolute Gasteiger partial charge is 0.0661 e. The fourth-order valence-corrected chi connectivity index (χ4v) is 3.15. The van der Waals surface area contributed by atoms with Crippen LogP contribution in [0.2, 0.25) is 5.02 Å². The van der Waals surface area contributed by atoms with E-state index in [4.69, 9.17) is 17.3 Å². The number of nitrogens with two attached hydrogens (primary N) is 1. The topological polar surface area (TPSA) is 26.0 Å². The summed E-state index contributed by atoms with van der Waals surface area (Å²) in [6.07, 6.45) is 3.61. The molecule has 1 aromatic heterocycles. The second-order valence-corrected chi connectivity index (χ2v) is 5.81. The number of unbranched alkanes of at least 4 members (excludes halogenated alkanes) is 1. The zero-order valence-electron chi connectivity index (χ0n) is 10.5. The van der Waals surface area contributed by atoms with E-state index < -0.39 is 0 Å². The van der Waals surface area contributed by atoms with Crippen LogP contribution in [0, 0.1) is 0 Å². The summed E-state index contributed by atoms with van der Waals surface area (Å²) < 4.78 is 0. The molecule has 96 valence electrons. The Morgan fingerprint density at radius 3 is 2.50 bits per heavy atom. The highest BCUT2D eigenvalue weighted by atomic mass is 35.5. The van der Waals surface area contributed by atoms with Crippen LogP contribution in [-0.2, 0) is 6.42 Å². The molecule has 0 aliphatic carbocycles. The van der Waals surface area contributed by atoms with Crippen LogP contribution in [0.3, 0.4) is 0 Å². The van der Waals surface area contributed by atoms with Crippen LogP contribution in [0.25, 0.3) is 0 Å². The maximum atomic E-state index is 6.24. The lowest BCUT2D eigenvalue weighted by molar-refractivity contribution is 0.793. The van der Waals surface area contributed by atoms with Crippen LogP contribution in [0.5, 0.6) is 0 Å². The van der Waals surface area contributed by atoms with Crippen LogP contribution in [-0.4, -0.2) is 0 Å². The zero-order chi connectivity index (χ0) is 13.0. The number of hydrogen-bond acceptors (Lipinski definition) is 2. The number of benzene rings is 1. The van der Waals surface area contributed by atoms with Crippen molar-refractivity contribution in [1.82, 2.24) is 0 Å². The number of aryl methyl sites for hydroxylation is 1. The molecular formula is C15H18ClNS. The van der Waals surface area contributed by atoms with Crippen LogP contribution >= 0.6 is 22.9 Å². The number of thiophene rings is 1. The zero-order valence-corrected chi connectivity index (χ0v) is 12.1. The van der Waals surface area contributed by atoms with Gasteiger partial charge < -0.3 is 5.73 Å². The number of rotatable bonds is 5. The Hall–Kier alpha value is -0.830. The summed E-state index contributed by atoms with van der Waals surface area (Å²) in [4.78, 5) is 1.04. The van der Waals surface area contributed by atoms with Crippen molar-refractivity contribution in [3.8, 4) is 0 Å². The summed E-state index contributed by atoms with van der Waals surface area (Å²) in [6, 6.07) is 10.4. The fourth-order valence-electron chi connectivity index (χ4n) is 1.95. The van der Waals surface area contributed by atoms with E-state index in [2.05, 4.69) is 31.2 Å². The molecule has 2 aromatic rings. The van der Waals surface area contributed by atoms with E-state index in [0.717, 1.165) is 21.9 Å².